The topological polar surface area (TPSA) is 102 Å². The number of ether oxygens (including phenoxy) is 2. The van der Waals surface area contributed by atoms with Gasteiger partial charge in [-0.15, -0.1) is 0 Å². The molecule has 1 aromatic heterocycles. The van der Waals surface area contributed by atoms with Crippen LogP contribution >= 0.6 is 0 Å². The first kappa shape index (κ1) is 18.6. The summed E-state index contributed by atoms with van der Waals surface area (Å²) in [5.74, 6) is -0.309. The molecule has 0 aliphatic heterocycles. The van der Waals surface area contributed by atoms with Gasteiger partial charge in [-0.2, -0.15) is 0 Å². The molecule has 140 valence electrons. The predicted octanol–water partition coefficient (Wildman–Crippen LogP) is 2.69. The van der Waals surface area contributed by atoms with Crippen LogP contribution in [0.2, 0.25) is 0 Å². The molecule has 2 N–H and O–H groups in total. The van der Waals surface area contributed by atoms with E-state index in [4.69, 9.17) is 19.7 Å². The van der Waals surface area contributed by atoms with Crippen LogP contribution in [0.4, 0.5) is 0 Å². The average molecular weight is 368 g/mol. The van der Waals surface area contributed by atoms with Crippen molar-refractivity contribution in [1.82, 2.24) is 9.97 Å². The summed E-state index contributed by atoms with van der Waals surface area (Å²) >= 11 is 0. The highest BCUT2D eigenvalue weighted by molar-refractivity contribution is 5.81. The van der Waals surface area contributed by atoms with E-state index < -0.39 is 12.6 Å². The summed E-state index contributed by atoms with van der Waals surface area (Å²) in [7, 11) is 1.56. The third-order valence-electron chi connectivity index (χ3n) is 4.02. The lowest BCUT2D eigenvalue weighted by Crippen LogP contribution is -2.11. The van der Waals surface area contributed by atoms with Gasteiger partial charge >= 0.3 is 5.97 Å². The summed E-state index contributed by atoms with van der Waals surface area (Å²) in [5.41, 5.74) is 3.55. The minimum Gasteiger partial charge on any atom is -0.497 e. The summed E-state index contributed by atoms with van der Waals surface area (Å²) in [6, 6.07) is 13.0. The highest BCUT2D eigenvalue weighted by atomic mass is 16.5. The van der Waals surface area contributed by atoms with Crippen molar-refractivity contribution in [2.45, 2.75) is 12.8 Å². The quantitative estimate of drug-likeness (QED) is 0.630. The number of hydrogen-bond donors (Lipinski definition) is 2. The van der Waals surface area contributed by atoms with Gasteiger partial charge in [-0.25, -0.2) is 14.8 Å². The molecule has 1 heterocycles. The fourth-order valence-electron chi connectivity index (χ4n) is 2.68. The normalized spacial score (nSPS) is 10.7. The number of aryl methyl sites for hydroxylation is 1. The molecule has 0 fully saturated rings. The molecule has 3 aromatic rings. The monoisotopic (exact) mass is 368 g/mol. The van der Waals surface area contributed by atoms with Crippen LogP contribution in [0.15, 0.2) is 42.5 Å². The maximum atomic E-state index is 10.9. The predicted molar refractivity (Wildman–Crippen MR) is 100 cm³/mol. The smallest absolute Gasteiger partial charge is 0.341 e. The Bertz CT molecular complexity index is 941. The Hall–Kier alpha value is -3.19. The van der Waals surface area contributed by atoms with Crippen LogP contribution in [0.5, 0.6) is 11.6 Å². The lowest BCUT2D eigenvalue weighted by molar-refractivity contribution is -0.139. The fraction of sp³-hybridized carbons (Fsp3) is 0.250. The van der Waals surface area contributed by atoms with E-state index in [1.54, 1.807) is 25.3 Å². The summed E-state index contributed by atoms with van der Waals surface area (Å²) < 4.78 is 10.6. The average Bonchev–Trinajstić information content (AvgIpc) is 2.70. The number of methoxy groups -OCH3 is 1. The number of carboxylic acids is 1. The molecule has 2 aromatic carbocycles. The van der Waals surface area contributed by atoms with Crippen LogP contribution in [0.3, 0.4) is 0 Å². The van der Waals surface area contributed by atoms with Gasteiger partial charge in [0.2, 0.25) is 5.88 Å². The van der Waals surface area contributed by atoms with Gasteiger partial charge in [-0.3, -0.25) is 0 Å². The van der Waals surface area contributed by atoms with Crippen molar-refractivity contribution in [3.8, 4) is 22.9 Å². The summed E-state index contributed by atoms with van der Waals surface area (Å²) in [6.07, 6.45) is 1.48. The van der Waals surface area contributed by atoms with Crippen LogP contribution in [0.1, 0.15) is 12.0 Å². The van der Waals surface area contributed by atoms with E-state index in [0.29, 0.717) is 28.9 Å². The number of fused-ring (bicyclic) bond motifs is 1. The van der Waals surface area contributed by atoms with Crippen LogP contribution in [-0.4, -0.2) is 46.5 Å². The van der Waals surface area contributed by atoms with Crippen LogP contribution < -0.4 is 9.47 Å². The number of aliphatic hydroxyl groups is 1. The minimum absolute atomic E-state index is 0.147. The molecule has 0 radical (unpaired) electrons. The number of rotatable bonds is 8. The Morgan fingerprint density at radius 2 is 1.85 bits per heavy atom. The summed E-state index contributed by atoms with van der Waals surface area (Å²) in [4.78, 5) is 20.0. The van der Waals surface area contributed by atoms with Crippen molar-refractivity contribution < 1.29 is 24.5 Å². The fourth-order valence-corrected chi connectivity index (χ4v) is 2.68. The van der Waals surface area contributed by atoms with E-state index in [2.05, 4.69) is 9.97 Å². The molecule has 0 unspecified atom stereocenters. The molecular formula is C20H20N2O5. The third-order valence-corrected chi connectivity index (χ3v) is 4.02. The van der Waals surface area contributed by atoms with Gasteiger partial charge in [0.25, 0.3) is 0 Å². The second kappa shape index (κ2) is 8.46. The highest BCUT2D eigenvalue weighted by Crippen LogP contribution is 2.30. The number of benzene rings is 2. The number of aliphatic hydroxyl groups excluding tert-OH is 1. The Labute approximate surface area is 156 Å². The summed E-state index contributed by atoms with van der Waals surface area (Å²) in [6.45, 7) is -0.361. The van der Waals surface area contributed by atoms with Crippen molar-refractivity contribution in [3.05, 3.63) is 48.0 Å². The maximum absolute atomic E-state index is 10.9. The molecule has 7 nitrogen and oxygen atoms in total. The number of aromatic nitrogens is 2. The lowest BCUT2D eigenvalue weighted by Gasteiger charge is -2.11. The van der Waals surface area contributed by atoms with Gasteiger partial charge in [0.05, 0.1) is 18.1 Å². The molecular weight excluding hydrogens is 348 g/mol. The first-order valence-electron chi connectivity index (χ1n) is 8.51. The zero-order chi connectivity index (χ0) is 19.2. The lowest BCUT2D eigenvalue weighted by atomic mass is 10.1. The van der Waals surface area contributed by atoms with Crippen LogP contribution in [-0.2, 0) is 11.2 Å². The van der Waals surface area contributed by atoms with E-state index in [1.807, 2.05) is 24.3 Å². The zero-order valence-corrected chi connectivity index (χ0v) is 14.9. The van der Waals surface area contributed by atoms with Crippen molar-refractivity contribution in [2.24, 2.45) is 0 Å². The molecule has 0 aliphatic rings. The van der Waals surface area contributed by atoms with Gasteiger partial charge in [0.1, 0.15) is 11.4 Å². The van der Waals surface area contributed by atoms with Crippen LogP contribution in [0.25, 0.3) is 22.3 Å². The van der Waals surface area contributed by atoms with E-state index in [0.717, 1.165) is 17.5 Å². The van der Waals surface area contributed by atoms with Gasteiger partial charge in [0.15, 0.2) is 6.61 Å². The van der Waals surface area contributed by atoms with E-state index in [1.165, 1.54) is 0 Å². The standard InChI is InChI=1S/C20H20N2O5/c1-26-15-8-9-16-17(11-15)22-20(27-12-18(24)25)19(21-16)14-6-4-13(5-7-14)3-2-10-23/h4-9,11,23H,2-3,10,12H2,1H3,(H,24,25). The Morgan fingerprint density at radius 1 is 1.07 bits per heavy atom. The highest BCUT2D eigenvalue weighted by Gasteiger charge is 2.14. The Balaban J connectivity index is 2.02. The molecule has 3 rings (SSSR count). The maximum Gasteiger partial charge on any atom is 0.341 e. The van der Waals surface area contributed by atoms with Gasteiger partial charge in [-0.1, -0.05) is 24.3 Å². The van der Waals surface area contributed by atoms with E-state index >= 15 is 0 Å². The molecule has 0 bridgehead atoms. The first-order chi connectivity index (χ1) is 13.1. The molecule has 7 heteroatoms. The molecule has 0 amide bonds. The van der Waals surface area contributed by atoms with Gasteiger partial charge in [0, 0.05) is 18.2 Å². The SMILES string of the molecule is COc1ccc2nc(-c3ccc(CCCO)cc3)c(OCC(=O)O)nc2c1. The van der Waals surface area contributed by atoms with Crippen molar-refractivity contribution in [3.63, 3.8) is 0 Å². The number of carbonyl (C=O) groups is 1. The Morgan fingerprint density at radius 3 is 2.52 bits per heavy atom. The number of nitrogens with zero attached hydrogens (tertiary/aromatic N) is 2. The molecule has 0 atom stereocenters. The van der Waals surface area contributed by atoms with Gasteiger partial charge < -0.3 is 19.7 Å². The first-order valence-corrected chi connectivity index (χ1v) is 8.51. The Kier molecular flexibility index (Phi) is 5.83. The zero-order valence-electron chi connectivity index (χ0n) is 14.9. The summed E-state index contributed by atoms with van der Waals surface area (Å²) in [5, 5.41) is 17.9. The second-order valence-corrected chi connectivity index (χ2v) is 5.94. The molecule has 27 heavy (non-hydrogen) atoms. The van der Waals surface area contributed by atoms with Crippen LogP contribution in [0, 0.1) is 0 Å². The molecule has 0 aliphatic carbocycles. The molecule has 0 spiro atoms. The number of carboxylic acid groups (broad SMARTS) is 1. The van der Waals surface area contributed by atoms with E-state index in [-0.39, 0.29) is 12.5 Å². The second-order valence-electron chi connectivity index (χ2n) is 5.94. The minimum atomic E-state index is -1.09. The van der Waals surface area contributed by atoms with Crippen molar-refractivity contribution in [1.29, 1.82) is 0 Å². The van der Waals surface area contributed by atoms with E-state index in [9.17, 15) is 4.79 Å². The third kappa shape index (κ3) is 4.51. The van der Waals surface area contributed by atoms with Gasteiger partial charge in [-0.05, 0) is 30.5 Å². The molecule has 0 saturated carbocycles. The van der Waals surface area contributed by atoms with Crippen molar-refractivity contribution in [2.75, 3.05) is 20.3 Å². The van der Waals surface area contributed by atoms with Crippen molar-refractivity contribution >= 4 is 17.0 Å². The number of hydrogen-bond acceptors (Lipinski definition) is 6. The largest absolute Gasteiger partial charge is 0.497 e. The molecule has 0 saturated heterocycles. The number of aliphatic carboxylic acids is 1.